The van der Waals surface area contributed by atoms with Gasteiger partial charge in [0.1, 0.15) is 23.4 Å². The number of ether oxygens (including phenoxy) is 1. The molecule has 0 atom stereocenters. The number of anilines is 4. The van der Waals surface area contributed by atoms with E-state index in [9.17, 15) is 4.79 Å². The number of hydrogen-bond acceptors (Lipinski definition) is 7. The summed E-state index contributed by atoms with van der Waals surface area (Å²) in [6.45, 7) is 6.74. The molecular formula is C19H24N6O2. The van der Waals surface area contributed by atoms with Gasteiger partial charge in [-0.05, 0) is 26.0 Å². The number of aromatic nitrogens is 2. The minimum Gasteiger partial charge on any atom is -0.484 e. The summed E-state index contributed by atoms with van der Waals surface area (Å²) < 4.78 is 6.08. The molecule has 2 aliphatic rings. The van der Waals surface area contributed by atoms with Gasteiger partial charge in [0.2, 0.25) is 5.91 Å². The van der Waals surface area contributed by atoms with E-state index in [1.807, 2.05) is 30.1 Å². The highest BCUT2D eigenvalue weighted by Crippen LogP contribution is 2.36. The molecule has 0 spiro atoms. The fourth-order valence-corrected chi connectivity index (χ4v) is 3.57. The van der Waals surface area contributed by atoms with E-state index in [1.165, 1.54) is 6.33 Å². The molecule has 2 aliphatic heterocycles. The van der Waals surface area contributed by atoms with E-state index in [4.69, 9.17) is 4.74 Å². The summed E-state index contributed by atoms with van der Waals surface area (Å²) in [4.78, 5) is 24.6. The summed E-state index contributed by atoms with van der Waals surface area (Å²) in [5.41, 5.74) is 1.48. The highest BCUT2D eigenvalue weighted by molar-refractivity contribution is 6.03. The summed E-state index contributed by atoms with van der Waals surface area (Å²) >= 11 is 0. The molecule has 0 fully saturated rings. The summed E-state index contributed by atoms with van der Waals surface area (Å²) in [6.07, 6.45) is 1.52. The second kappa shape index (κ2) is 6.61. The minimum atomic E-state index is -0.251. The number of rotatable bonds is 4. The number of amides is 1. The Kier molecular flexibility index (Phi) is 4.25. The second-order valence-corrected chi connectivity index (χ2v) is 7.50. The molecule has 0 radical (unpaired) electrons. The molecule has 3 heterocycles. The van der Waals surface area contributed by atoms with Crippen LogP contribution in [0.4, 0.5) is 23.0 Å². The van der Waals surface area contributed by atoms with E-state index < -0.39 is 0 Å². The zero-order chi connectivity index (χ0) is 19.0. The van der Waals surface area contributed by atoms with Crippen molar-refractivity contribution in [2.45, 2.75) is 19.4 Å². The van der Waals surface area contributed by atoms with Gasteiger partial charge >= 0.3 is 0 Å². The number of fused-ring (bicyclic) bond motifs is 2. The third kappa shape index (κ3) is 3.47. The third-order valence-corrected chi connectivity index (χ3v) is 4.67. The van der Waals surface area contributed by atoms with Gasteiger partial charge in [0.05, 0.1) is 18.8 Å². The first kappa shape index (κ1) is 17.4. The monoisotopic (exact) mass is 368 g/mol. The van der Waals surface area contributed by atoms with Gasteiger partial charge in [-0.3, -0.25) is 4.79 Å². The standard InChI is InChI=1S/C19H24N6O2/c1-19(2)11-25(13-6-4-5-7-14(13)27-19)9-8-20-17-16-18(22-12-21-17)24(3)10-15(26)23-16/h4-7,12H,8-11H2,1-3H3,(H,23,26)(H,20,21,22). The van der Waals surface area contributed by atoms with Crippen LogP contribution >= 0.6 is 0 Å². The van der Waals surface area contributed by atoms with Crippen LogP contribution < -0.4 is 25.2 Å². The summed E-state index contributed by atoms with van der Waals surface area (Å²) in [7, 11) is 1.85. The van der Waals surface area contributed by atoms with E-state index in [1.54, 1.807) is 0 Å². The summed E-state index contributed by atoms with van der Waals surface area (Å²) in [5, 5.41) is 6.22. The lowest BCUT2D eigenvalue weighted by Gasteiger charge is -2.41. The van der Waals surface area contributed by atoms with Gasteiger partial charge in [-0.2, -0.15) is 0 Å². The topological polar surface area (TPSA) is 82.6 Å². The number of hydrogen-bond donors (Lipinski definition) is 2. The Bertz CT molecular complexity index is 869. The zero-order valence-electron chi connectivity index (χ0n) is 15.8. The molecule has 1 aromatic heterocycles. The molecule has 4 rings (SSSR count). The van der Waals surface area contributed by atoms with Crippen LogP contribution in [0.15, 0.2) is 30.6 Å². The number of likely N-dealkylation sites (N-methyl/N-ethyl adjacent to an activating group) is 1. The van der Waals surface area contributed by atoms with Gasteiger partial charge in [-0.15, -0.1) is 0 Å². The van der Waals surface area contributed by atoms with Crippen molar-refractivity contribution in [2.24, 2.45) is 0 Å². The van der Waals surface area contributed by atoms with Gasteiger partial charge < -0.3 is 25.2 Å². The highest BCUT2D eigenvalue weighted by Gasteiger charge is 2.31. The molecule has 8 heteroatoms. The Morgan fingerprint density at radius 3 is 2.96 bits per heavy atom. The van der Waals surface area contributed by atoms with Gasteiger partial charge in [-0.1, -0.05) is 12.1 Å². The molecule has 0 bridgehead atoms. The SMILES string of the molecule is CN1CC(=O)Nc2c(NCCN3CC(C)(C)Oc4ccccc43)ncnc21. The van der Waals surface area contributed by atoms with Crippen LogP contribution in [0, 0.1) is 0 Å². The van der Waals surface area contributed by atoms with E-state index in [0.717, 1.165) is 30.3 Å². The van der Waals surface area contributed by atoms with E-state index >= 15 is 0 Å². The smallest absolute Gasteiger partial charge is 0.244 e. The fourth-order valence-electron chi connectivity index (χ4n) is 3.57. The Labute approximate surface area is 158 Å². The molecule has 2 aromatic rings. The quantitative estimate of drug-likeness (QED) is 0.853. The Morgan fingerprint density at radius 2 is 2.11 bits per heavy atom. The zero-order valence-corrected chi connectivity index (χ0v) is 15.8. The molecule has 0 aliphatic carbocycles. The highest BCUT2D eigenvalue weighted by atomic mass is 16.5. The molecular weight excluding hydrogens is 344 g/mol. The van der Waals surface area contributed by atoms with Gasteiger partial charge in [0.25, 0.3) is 0 Å². The lowest BCUT2D eigenvalue weighted by molar-refractivity contribution is -0.115. The molecule has 8 nitrogen and oxygen atoms in total. The molecule has 142 valence electrons. The first-order valence-electron chi connectivity index (χ1n) is 9.06. The van der Waals surface area contributed by atoms with E-state index in [-0.39, 0.29) is 11.5 Å². The summed E-state index contributed by atoms with van der Waals surface area (Å²) in [5.74, 6) is 2.21. The molecule has 0 saturated carbocycles. The van der Waals surface area contributed by atoms with Crippen LogP contribution in [-0.4, -0.2) is 54.7 Å². The maximum absolute atomic E-state index is 11.9. The third-order valence-electron chi connectivity index (χ3n) is 4.67. The van der Waals surface area contributed by atoms with Crippen molar-refractivity contribution in [3.05, 3.63) is 30.6 Å². The van der Waals surface area contributed by atoms with Crippen molar-refractivity contribution in [2.75, 3.05) is 53.7 Å². The molecule has 0 saturated heterocycles. The average Bonchev–Trinajstić information content (AvgIpc) is 2.61. The molecule has 0 unspecified atom stereocenters. The number of nitrogens with one attached hydrogen (secondary N) is 2. The molecule has 27 heavy (non-hydrogen) atoms. The molecule has 2 N–H and O–H groups in total. The molecule has 1 aromatic carbocycles. The number of para-hydroxylation sites is 2. The summed E-state index contributed by atoms with van der Waals surface area (Å²) in [6, 6.07) is 8.09. The van der Waals surface area contributed by atoms with E-state index in [0.29, 0.717) is 24.6 Å². The first-order valence-corrected chi connectivity index (χ1v) is 9.06. The Morgan fingerprint density at radius 1 is 1.30 bits per heavy atom. The number of nitrogens with zero attached hydrogens (tertiary/aromatic N) is 4. The van der Waals surface area contributed by atoms with Crippen LogP contribution in [-0.2, 0) is 4.79 Å². The van der Waals surface area contributed by atoms with Crippen molar-refractivity contribution >= 4 is 28.9 Å². The lowest BCUT2D eigenvalue weighted by atomic mass is 10.1. The average molecular weight is 368 g/mol. The Hall–Kier alpha value is -3.03. The van der Waals surface area contributed by atoms with Crippen molar-refractivity contribution in [1.82, 2.24) is 9.97 Å². The first-order chi connectivity index (χ1) is 12.9. The van der Waals surface area contributed by atoms with Crippen LogP contribution in [0.1, 0.15) is 13.8 Å². The predicted octanol–water partition coefficient (Wildman–Crippen LogP) is 1.95. The number of benzene rings is 1. The predicted molar refractivity (Wildman–Crippen MR) is 106 cm³/mol. The van der Waals surface area contributed by atoms with Crippen LogP contribution in [0.3, 0.4) is 0 Å². The van der Waals surface area contributed by atoms with Crippen molar-refractivity contribution < 1.29 is 9.53 Å². The van der Waals surface area contributed by atoms with Gasteiger partial charge in [-0.25, -0.2) is 9.97 Å². The van der Waals surface area contributed by atoms with Crippen molar-refractivity contribution in [3.63, 3.8) is 0 Å². The van der Waals surface area contributed by atoms with Gasteiger partial charge in [0.15, 0.2) is 11.6 Å². The van der Waals surface area contributed by atoms with E-state index in [2.05, 4.69) is 45.4 Å². The fraction of sp³-hybridized carbons (Fsp3) is 0.421. The second-order valence-electron chi connectivity index (χ2n) is 7.50. The number of carbonyl (C=O) groups is 1. The maximum atomic E-state index is 11.9. The van der Waals surface area contributed by atoms with Crippen LogP contribution in [0.2, 0.25) is 0 Å². The molecule has 1 amide bonds. The minimum absolute atomic E-state index is 0.0632. The Balaban J connectivity index is 1.48. The van der Waals surface area contributed by atoms with Gasteiger partial charge in [0, 0.05) is 20.1 Å². The number of carbonyl (C=O) groups excluding carboxylic acids is 1. The van der Waals surface area contributed by atoms with Crippen LogP contribution in [0.5, 0.6) is 5.75 Å². The van der Waals surface area contributed by atoms with Crippen LogP contribution in [0.25, 0.3) is 0 Å². The van der Waals surface area contributed by atoms with Crippen molar-refractivity contribution in [1.29, 1.82) is 0 Å². The normalized spacial score (nSPS) is 17.5. The van der Waals surface area contributed by atoms with Crippen molar-refractivity contribution in [3.8, 4) is 5.75 Å². The largest absolute Gasteiger partial charge is 0.484 e. The maximum Gasteiger partial charge on any atom is 0.244 e. The lowest BCUT2D eigenvalue weighted by Crippen LogP contribution is -2.48.